The molecule has 1 aliphatic rings. The number of carboxylic acid groups (broad SMARTS) is 1. The zero-order chi connectivity index (χ0) is 12.3. The van der Waals surface area contributed by atoms with Gasteiger partial charge >= 0.3 is 12.6 Å². The Bertz CT molecular complexity index is 287. The number of nitrogens with two attached hydrogens (primary N) is 1. The van der Waals surface area contributed by atoms with Crippen molar-refractivity contribution in [3.05, 3.63) is 0 Å². The van der Waals surface area contributed by atoms with Crippen molar-refractivity contribution in [3.63, 3.8) is 0 Å². The fourth-order valence-electron chi connectivity index (χ4n) is 1.67. The maximum absolute atomic E-state index is 11.9. The van der Waals surface area contributed by atoms with Gasteiger partial charge in [-0.15, -0.1) is 0 Å². The molecule has 16 heavy (non-hydrogen) atoms. The van der Waals surface area contributed by atoms with E-state index in [1.165, 1.54) is 0 Å². The number of carboxylic acids is 1. The Kier molecular flexibility index (Phi) is 4.13. The Morgan fingerprint density at radius 1 is 1.56 bits per heavy atom. The summed E-state index contributed by atoms with van der Waals surface area (Å²) in [4.78, 5) is 23.0. The molecule has 0 aromatic rings. The highest BCUT2D eigenvalue weighted by atomic mass is 19.3. The molecule has 8 heteroatoms. The molecule has 0 saturated carbocycles. The first-order chi connectivity index (χ1) is 7.45. The summed E-state index contributed by atoms with van der Waals surface area (Å²) in [6.07, 6.45) is -1.11. The van der Waals surface area contributed by atoms with Crippen molar-refractivity contribution < 1.29 is 28.2 Å². The Morgan fingerprint density at radius 3 is 2.62 bits per heavy atom. The molecule has 1 rings (SSSR count). The zero-order valence-electron chi connectivity index (χ0n) is 8.31. The SMILES string of the molecule is NCC(=O)N1C[C@H](OC(F)F)C[C@H]1C(=O)O. The molecule has 1 fully saturated rings. The summed E-state index contributed by atoms with van der Waals surface area (Å²) in [7, 11) is 0. The number of halogens is 2. The van der Waals surface area contributed by atoms with Crippen molar-refractivity contribution in [1.82, 2.24) is 4.90 Å². The van der Waals surface area contributed by atoms with Crippen molar-refractivity contribution in [3.8, 4) is 0 Å². The van der Waals surface area contributed by atoms with Crippen LogP contribution in [-0.2, 0) is 14.3 Å². The van der Waals surface area contributed by atoms with E-state index in [9.17, 15) is 18.4 Å². The second-order valence-electron chi connectivity index (χ2n) is 3.36. The van der Waals surface area contributed by atoms with E-state index in [0.29, 0.717) is 0 Å². The van der Waals surface area contributed by atoms with Gasteiger partial charge in [-0.1, -0.05) is 0 Å². The molecule has 0 aliphatic carbocycles. The Morgan fingerprint density at radius 2 is 2.19 bits per heavy atom. The summed E-state index contributed by atoms with van der Waals surface area (Å²) in [6, 6.07) is -1.14. The number of rotatable bonds is 4. The average Bonchev–Trinajstić information content (AvgIpc) is 2.59. The van der Waals surface area contributed by atoms with E-state index in [4.69, 9.17) is 10.8 Å². The molecule has 1 heterocycles. The third-order valence-electron chi connectivity index (χ3n) is 2.34. The molecule has 6 nitrogen and oxygen atoms in total. The first-order valence-electron chi connectivity index (χ1n) is 4.61. The summed E-state index contributed by atoms with van der Waals surface area (Å²) in [5.74, 6) is -1.84. The van der Waals surface area contributed by atoms with Gasteiger partial charge in [-0.2, -0.15) is 8.78 Å². The van der Waals surface area contributed by atoms with Gasteiger partial charge in [0, 0.05) is 13.0 Å². The van der Waals surface area contributed by atoms with Gasteiger partial charge in [0.15, 0.2) is 0 Å². The number of hydrogen-bond donors (Lipinski definition) is 2. The molecule has 0 aromatic carbocycles. The van der Waals surface area contributed by atoms with Crippen LogP contribution in [0.3, 0.4) is 0 Å². The minimum absolute atomic E-state index is 0.147. The van der Waals surface area contributed by atoms with Crippen LogP contribution < -0.4 is 5.73 Å². The molecule has 0 bridgehead atoms. The molecule has 0 radical (unpaired) electrons. The predicted octanol–water partition coefficient (Wildman–Crippen LogP) is -0.762. The lowest BCUT2D eigenvalue weighted by atomic mass is 10.2. The van der Waals surface area contributed by atoms with Gasteiger partial charge in [-0.05, 0) is 0 Å². The lowest BCUT2D eigenvalue weighted by Crippen LogP contribution is -2.43. The highest BCUT2D eigenvalue weighted by Gasteiger charge is 2.40. The second-order valence-corrected chi connectivity index (χ2v) is 3.36. The maximum atomic E-state index is 11.9. The third-order valence-corrected chi connectivity index (χ3v) is 2.34. The van der Waals surface area contributed by atoms with Crippen LogP contribution >= 0.6 is 0 Å². The Hall–Kier alpha value is -1.28. The summed E-state index contributed by atoms with van der Waals surface area (Å²) < 4.78 is 28.0. The normalized spacial score (nSPS) is 25.1. The van der Waals surface area contributed by atoms with Gasteiger partial charge in [-0.25, -0.2) is 4.79 Å². The largest absolute Gasteiger partial charge is 0.480 e. The van der Waals surface area contributed by atoms with Crippen LogP contribution in [0.5, 0.6) is 0 Å². The van der Waals surface area contributed by atoms with Crippen LogP contribution in [0, 0.1) is 0 Å². The van der Waals surface area contributed by atoms with E-state index >= 15 is 0 Å². The van der Waals surface area contributed by atoms with Crippen LogP contribution in [0.4, 0.5) is 8.78 Å². The van der Waals surface area contributed by atoms with Gasteiger partial charge in [0.05, 0.1) is 12.6 Å². The highest BCUT2D eigenvalue weighted by Crippen LogP contribution is 2.22. The van der Waals surface area contributed by atoms with E-state index < -0.39 is 30.6 Å². The van der Waals surface area contributed by atoms with Crippen LogP contribution in [-0.4, -0.2) is 53.7 Å². The molecule has 0 unspecified atom stereocenters. The summed E-state index contributed by atoms with van der Waals surface area (Å²) in [6.45, 7) is -3.50. The van der Waals surface area contributed by atoms with Crippen molar-refractivity contribution in [1.29, 1.82) is 0 Å². The molecular weight excluding hydrogens is 226 g/mol. The summed E-state index contributed by atoms with van der Waals surface area (Å²) in [5.41, 5.74) is 5.09. The minimum Gasteiger partial charge on any atom is -0.480 e. The van der Waals surface area contributed by atoms with E-state index in [0.717, 1.165) is 4.90 Å². The number of carbonyl (C=O) groups is 2. The molecule has 0 spiro atoms. The van der Waals surface area contributed by atoms with E-state index in [1.54, 1.807) is 0 Å². The number of amides is 1. The fraction of sp³-hybridized carbons (Fsp3) is 0.750. The number of hydrogen-bond acceptors (Lipinski definition) is 4. The fourth-order valence-corrected chi connectivity index (χ4v) is 1.67. The Labute approximate surface area is 89.9 Å². The zero-order valence-corrected chi connectivity index (χ0v) is 8.31. The summed E-state index contributed by atoms with van der Waals surface area (Å²) >= 11 is 0. The quantitative estimate of drug-likeness (QED) is 0.671. The third kappa shape index (κ3) is 2.86. The second kappa shape index (κ2) is 5.17. The lowest BCUT2D eigenvalue weighted by molar-refractivity contribution is -0.160. The number of ether oxygens (including phenoxy) is 1. The molecule has 1 amide bonds. The smallest absolute Gasteiger partial charge is 0.345 e. The van der Waals surface area contributed by atoms with Gasteiger partial charge in [0.2, 0.25) is 5.91 Å². The highest BCUT2D eigenvalue weighted by molar-refractivity contribution is 5.85. The predicted molar refractivity (Wildman–Crippen MR) is 47.7 cm³/mol. The molecule has 1 saturated heterocycles. The van der Waals surface area contributed by atoms with Crippen molar-refractivity contribution in [2.75, 3.05) is 13.1 Å². The average molecular weight is 238 g/mol. The lowest BCUT2D eigenvalue weighted by Gasteiger charge is -2.20. The van der Waals surface area contributed by atoms with Crippen LogP contribution in [0.15, 0.2) is 0 Å². The van der Waals surface area contributed by atoms with Crippen molar-refractivity contribution >= 4 is 11.9 Å². The number of likely N-dealkylation sites (tertiary alicyclic amines) is 1. The topological polar surface area (TPSA) is 92.9 Å². The van der Waals surface area contributed by atoms with Crippen molar-refractivity contribution in [2.45, 2.75) is 25.2 Å². The van der Waals surface area contributed by atoms with E-state index in [1.807, 2.05) is 0 Å². The molecule has 3 N–H and O–H groups in total. The van der Waals surface area contributed by atoms with Gasteiger partial charge in [-0.3, -0.25) is 4.79 Å². The van der Waals surface area contributed by atoms with Crippen LogP contribution in [0.1, 0.15) is 6.42 Å². The first kappa shape index (κ1) is 12.8. The number of carbonyl (C=O) groups excluding carboxylic acids is 1. The first-order valence-corrected chi connectivity index (χ1v) is 4.61. The summed E-state index contributed by atoms with van der Waals surface area (Å²) in [5, 5.41) is 8.80. The molecule has 0 aromatic heterocycles. The minimum atomic E-state index is -2.98. The van der Waals surface area contributed by atoms with E-state index in [-0.39, 0.29) is 19.5 Å². The monoisotopic (exact) mass is 238 g/mol. The van der Waals surface area contributed by atoms with E-state index in [2.05, 4.69) is 4.74 Å². The number of alkyl halides is 2. The van der Waals surface area contributed by atoms with Gasteiger partial charge < -0.3 is 20.5 Å². The molecule has 1 aliphatic heterocycles. The number of nitrogens with zero attached hydrogens (tertiary/aromatic N) is 1. The molecule has 92 valence electrons. The van der Waals surface area contributed by atoms with Gasteiger partial charge in [0.25, 0.3) is 0 Å². The van der Waals surface area contributed by atoms with Crippen molar-refractivity contribution in [2.24, 2.45) is 5.73 Å². The molecular formula is C8H12F2N2O4. The van der Waals surface area contributed by atoms with Crippen LogP contribution in [0.25, 0.3) is 0 Å². The van der Waals surface area contributed by atoms with Gasteiger partial charge in [0.1, 0.15) is 6.04 Å². The standard InChI is InChI=1S/C8H12F2N2O4/c9-8(10)16-4-1-5(7(14)15)12(3-4)6(13)2-11/h4-5,8H,1-3,11H2,(H,14,15)/t4-,5+/m1/s1. The maximum Gasteiger partial charge on any atom is 0.345 e. The van der Waals surface area contributed by atoms with Crippen LogP contribution in [0.2, 0.25) is 0 Å². The molecule has 2 atom stereocenters. The number of aliphatic carboxylic acids is 1. The Balaban J connectivity index is 2.68.